The molecule has 1 fully saturated rings. The zero-order chi connectivity index (χ0) is 26.9. The molecule has 3 amide bonds. The van der Waals surface area contributed by atoms with Crippen molar-refractivity contribution in [2.75, 3.05) is 51.3 Å². The second-order valence-electron chi connectivity index (χ2n) is 9.82. The molecule has 0 aliphatic carbocycles. The van der Waals surface area contributed by atoms with Crippen molar-refractivity contribution in [3.63, 3.8) is 0 Å². The van der Waals surface area contributed by atoms with E-state index in [1.165, 1.54) is 0 Å². The Labute approximate surface area is 225 Å². The van der Waals surface area contributed by atoms with Crippen molar-refractivity contribution in [3.05, 3.63) is 88.9 Å². The monoisotopic (exact) mass is 518 g/mol. The zero-order valence-electron chi connectivity index (χ0n) is 22.6. The van der Waals surface area contributed by atoms with Gasteiger partial charge in [-0.2, -0.15) is 0 Å². The lowest BCUT2D eigenvalue weighted by Crippen LogP contribution is -2.48. The summed E-state index contributed by atoms with van der Waals surface area (Å²) in [5, 5.41) is 3.07. The minimum atomic E-state index is -0.280. The quantitative estimate of drug-likeness (QED) is 0.425. The number of morpholine rings is 1. The Bertz CT molecular complexity index is 1180. The predicted molar refractivity (Wildman–Crippen MR) is 148 cm³/mol. The molecule has 1 saturated heterocycles. The minimum absolute atomic E-state index is 0.0341. The van der Waals surface area contributed by atoms with Gasteiger partial charge in [-0.1, -0.05) is 48.5 Å². The maximum absolute atomic E-state index is 13.7. The smallest absolute Gasteiger partial charge is 0.322 e. The van der Waals surface area contributed by atoms with E-state index in [2.05, 4.69) is 10.2 Å². The van der Waals surface area contributed by atoms with Crippen LogP contribution < -0.4 is 5.32 Å². The summed E-state index contributed by atoms with van der Waals surface area (Å²) >= 11 is 0. The van der Waals surface area contributed by atoms with Gasteiger partial charge in [0.25, 0.3) is 0 Å². The molecule has 1 aliphatic heterocycles. The van der Waals surface area contributed by atoms with Gasteiger partial charge in [0, 0.05) is 38.4 Å². The van der Waals surface area contributed by atoms with Crippen molar-refractivity contribution in [2.45, 2.75) is 33.9 Å². The number of nitrogens with one attached hydrogen (secondary N) is 1. The van der Waals surface area contributed by atoms with Crippen LogP contribution in [0.1, 0.15) is 28.2 Å². The highest BCUT2D eigenvalue weighted by Crippen LogP contribution is 2.20. The normalized spacial score (nSPS) is 13.8. The van der Waals surface area contributed by atoms with Crippen molar-refractivity contribution in [2.24, 2.45) is 0 Å². The highest BCUT2D eigenvalue weighted by molar-refractivity contribution is 5.93. The van der Waals surface area contributed by atoms with E-state index >= 15 is 0 Å². The van der Waals surface area contributed by atoms with Crippen molar-refractivity contribution < 1.29 is 18.7 Å². The van der Waals surface area contributed by atoms with Crippen LogP contribution in [-0.2, 0) is 22.6 Å². The number of amides is 3. The summed E-state index contributed by atoms with van der Waals surface area (Å²) in [6.07, 6.45) is 0. The number of urea groups is 1. The van der Waals surface area contributed by atoms with Crippen LogP contribution in [0, 0.1) is 20.8 Å². The third-order valence-corrected chi connectivity index (χ3v) is 6.83. The first-order chi connectivity index (χ1) is 18.4. The van der Waals surface area contributed by atoms with Crippen LogP contribution in [0.15, 0.2) is 65.1 Å². The van der Waals surface area contributed by atoms with E-state index in [0.717, 1.165) is 41.2 Å². The Balaban J connectivity index is 1.52. The summed E-state index contributed by atoms with van der Waals surface area (Å²) in [4.78, 5) is 32.9. The molecule has 0 saturated carbocycles. The highest BCUT2D eigenvalue weighted by Gasteiger charge is 2.24. The lowest BCUT2D eigenvalue weighted by atomic mass is 10.1. The maximum Gasteiger partial charge on any atom is 0.322 e. The number of hydrogen-bond donors (Lipinski definition) is 1. The van der Waals surface area contributed by atoms with Crippen LogP contribution in [-0.4, -0.2) is 72.6 Å². The number of aryl methyl sites for hydroxylation is 3. The summed E-state index contributed by atoms with van der Waals surface area (Å²) in [6, 6.07) is 19.3. The molecule has 1 aromatic heterocycles. The Hall–Kier alpha value is -3.62. The van der Waals surface area contributed by atoms with E-state index in [-0.39, 0.29) is 18.5 Å². The molecule has 38 heavy (non-hydrogen) atoms. The summed E-state index contributed by atoms with van der Waals surface area (Å²) in [6.45, 7) is 10.7. The van der Waals surface area contributed by atoms with Gasteiger partial charge in [0.05, 0.1) is 19.8 Å². The van der Waals surface area contributed by atoms with Crippen LogP contribution in [0.25, 0.3) is 0 Å². The Kier molecular flexibility index (Phi) is 9.56. The standard InChI is InChI=1S/C30H38N4O4/c1-23-8-7-9-24(2)29(23)31-30(36)33(15-14-32-16-18-37-19-17-32)22-28(35)34(20-26-10-5-4-6-11-26)21-27-13-12-25(3)38-27/h4-13H,14-22H2,1-3H3,(H,31,36). The summed E-state index contributed by atoms with van der Waals surface area (Å²) in [5.41, 5.74) is 3.77. The number of ether oxygens (including phenoxy) is 1. The molecular formula is C30H38N4O4. The summed E-state index contributed by atoms with van der Waals surface area (Å²) in [5.74, 6) is 1.38. The summed E-state index contributed by atoms with van der Waals surface area (Å²) in [7, 11) is 0. The number of anilines is 1. The first-order valence-corrected chi connectivity index (χ1v) is 13.2. The van der Waals surface area contributed by atoms with Gasteiger partial charge in [-0.25, -0.2) is 4.79 Å². The molecular weight excluding hydrogens is 480 g/mol. The number of carbonyl (C=O) groups excluding carboxylic acids is 2. The van der Waals surface area contributed by atoms with E-state index in [1.54, 1.807) is 9.80 Å². The Morgan fingerprint density at radius 3 is 2.24 bits per heavy atom. The largest absolute Gasteiger partial charge is 0.464 e. The van der Waals surface area contributed by atoms with Crippen molar-refractivity contribution in [1.82, 2.24) is 14.7 Å². The van der Waals surface area contributed by atoms with Crippen LogP contribution in [0.2, 0.25) is 0 Å². The molecule has 1 N–H and O–H groups in total. The van der Waals surface area contributed by atoms with Crippen molar-refractivity contribution in [3.8, 4) is 0 Å². The van der Waals surface area contributed by atoms with E-state index in [4.69, 9.17) is 9.15 Å². The molecule has 0 radical (unpaired) electrons. The topological polar surface area (TPSA) is 78.3 Å². The number of carbonyl (C=O) groups is 2. The summed E-state index contributed by atoms with van der Waals surface area (Å²) < 4.78 is 11.2. The fourth-order valence-corrected chi connectivity index (χ4v) is 4.59. The fraction of sp³-hybridized carbons (Fsp3) is 0.400. The average molecular weight is 519 g/mol. The number of furan rings is 1. The Morgan fingerprint density at radius 1 is 0.868 bits per heavy atom. The van der Waals surface area contributed by atoms with Gasteiger partial charge >= 0.3 is 6.03 Å². The first-order valence-electron chi connectivity index (χ1n) is 13.2. The molecule has 202 valence electrons. The molecule has 0 spiro atoms. The van der Waals surface area contributed by atoms with Gasteiger partial charge in [-0.3, -0.25) is 9.69 Å². The minimum Gasteiger partial charge on any atom is -0.464 e. The van der Waals surface area contributed by atoms with Gasteiger partial charge < -0.3 is 24.3 Å². The van der Waals surface area contributed by atoms with Gasteiger partial charge in [0.2, 0.25) is 5.91 Å². The molecule has 3 aromatic rings. The van der Waals surface area contributed by atoms with Gasteiger partial charge in [-0.05, 0) is 49.6 Å². The van der Waals surface area contributed by atoms with E-state index in [1.807, 2.05) is 81.4 Å². The lowest BCUT2D eigenvalue weighted by molar-refractivity contribution is -0.133. The van der Waals surface area contributed by atoms with Gasteiger partial charge in [-0.15, -0.1) is 0 Å². The molecule has 2 heterocycles. The van der Waals surface area contributed by atoms with Gasteiger partial charge in [0.1, 0.15) is 18.1 Å². The second kappa shape index (κ2) is 13.3. The number of hydrogen-bond acceptors (Lipinski definition) is 5. The molecule has 1 aliphatic rings. The number of para-hydroxylation sites is 1. The molecule has 0 unspecified atom stereocenters. The zero-order valence-corrected chi connectivity index (χ0v) is 22.6. The van der Waals surface area contributed by atoms with Crippen LogP contribution in [0.3, 0.4) is 0 Å². The molecule has 8 nitrogen and oxygen atoms in total. The second-order valence-corrected chi connectivity index (χ2v) is 9.82. The molecule has 4 rings (SSSR count). The SMILES string of the molecule is Cc1ccc(CN(Cc2ccccc2)C(=O)CN(CCN2CCOCC2)C(=O)Nc2c(C)cccc2C)o1. The number of nitrogens with zero attached hydrogens (tertiary/aromatic N) is 3. The number of rotatable bonds is 10. The molecule has 2 aromatic carbocycles. The number of benzene rings is 2. The molecule has 0 bridgehead atoms. The van der Waals surface area contributed by atoms with Crippen molar-refractivity contribution >= 4 is 17.6 Å². The molecule has 8 heteroatoms. The highest BCUT2D eigenvalue weighted by atomic mass is 16.5. The average Bonchev–Trinajstić information content (AvgIpc) is 3.33. The van der Waals surface area contributed by atoms with Crippen LogP contribution in [0.4, 0.5) is 10.5 Å². The Morgan fingerprint density at radius 2 is 1.58 bits per heavy atom. The van der Waals surface area contributed by atoms with Crippen LogP contribution in [0.5, 0.6) is 0 Å². The third-order valence-electron chi connectivity index (χ3n) is 6.83. The van der Waals surface area contributed by atoms with Crippen molar-refractivity contribution in [1.29, 1.82) is 0 Å². The maximum atomic E-state index is 13.7. The van der Waals surface area contributed by atoms with E-state index in [0.29, 0.717) is 45.2 Å². The predicted octanol–water partition coefficient (Wildman–Crippen LogP) is 4.60. The third kappa shape index (κ3) is 7.69. The van der Waals surface area contributed by atoms with Crippen LogP contribution >= 0.6 is 0 Å². The first kappa shape index (κ1) is 27.4. The lowest BCUT2D eigenvalue weighted by Gasteiger charge is -2.31. The fourth-order valence-electron chi connectivity index (χ4n) is 4.59. The van der Waals surface area contributed by atoms with Gasteiger partial charge in [0.15, 0.2) is 0 Å². The van der Waals surface area contributed by atoms with E-state index in [9.17, 15) is 9.59 Å². The molecule has 0 atom stereocenters. The van der Waals surface area contributed by atoms with E-state index < -0.39 is 0 Å².